The predicted octanol–water partition coefficient (Wildman–Crippen LogP) is 5.33. The fraction of sp³-hybridized carbons (Fsp3) is 0.167. The molecule has 0 unspecified atom stereocenters. The van der Waals surface area contributed by atoms with E-state index in [4.69, 9.17) is 16.0 Å². The van der Waals surface area contributed by atoms with Gasteiger partial charge in [0, 0.05) is 10.7 Å². The lowest BCUT2D eigenvalue weighted by atomic mass is 10.1. The van der Waals surface area contributed by atoms with Crippen molar-refractivity contribution in [2.45, 2.75) is 12.7 Å². The van der Waals surface area contributed by atoms with E-state index in [0.717, 1.165) is 6.07 Å². The molecular formula is C12H8BrClF3NO. The molecule has 7 heteroatoms. The lowest BCUT2D eigenvalue weighted by Gasteiger charge is -2.14. The van der Waals surface area contributed by atoms with Crippen LogP contribution in [0.15, 0.2) is 39.4 Å². The molecule has 1 aromatic heterocycles. The molecule has 1 N–H and O–H groups in total. The van der Waals surface area contributed by atoms with E-state index >= 15 is 0 Å². The highest BCUT2D eigenvalue weighted by atomic mass is 79.9. The van der Waals surface area contributed by atoms with E-state index in [0.29, 0.717) is 10.4 Å². The highest BCUT2D eigenvalue weighted by Gasteiger charge is 2.33. The number of hydrogen-bond acceptors (Lipinski definition) is 2. The Labute approximate surface area is 120 Å². The maximum Gasteiger partial charge on any atom is 0.418 e. The van der Waals surface area contributed by atoms with Crippen molar-refractivity contribution in [3.8, 4) is 0 Å². The van der Waals surface area contributed by atoms with Crippen molar-refractivity contribution in [2.75, 3.05) is 5.32 Å². The molecule has 2 nitrogen and oxygen atoms in total. The van der Waals surface area contributed by atoms with E-state index in [2.05, 4.69) is 21.2 Å². The van der Waals surface area contributed by atoms with Gasteiger partial charge in [0.25, 0.3) is 0 Å². The van der Waals surface area contributed by atoms with Crippen LogP contribution in [0.2, 0.25) is 5.02 Å². The number of alkyl halides is 3. The lowest BCUT2D eigenvalue weighted by Crippen LogP contribution is -2.10. The third-order valence-electron chi connectivity index (χ3n) is 2.37. The first kappa shape index (κ1) is 14.3. The van der Waals surface area contributed by atoms with Crippen LogP contribution in [0.1, 0.15) is 11.3 Å². The molecule has 1 aromatic carbocycles. The van der Waals surface area contributed by atoms with Crippen molar-refractivity contribution in [1.82, 2.24) is 0 Å². The van der Waals surface area contributed by atoms with Crippen molar-refractivity contribution in [1.29, 1.82) is 0 Å². The van der Waals surface area contributed by atoms with Gasteiger partial charge in [0.05, 0.1) is 12.1 Å². The number of anilines is 1. The van der Waals surface area contributed by atoms with Crippen molar-refractivity contribution in [3.63, 3.8) is 0 Å². The van der Waals surface area contributed by atoms with Gasteiger partial charge < -0.3 is 9.73 Å². The van der Waals surface area contributed by atoms with Gasteiger partial charge in [0.2, 0.25) is 0 Å². The topological polar surface area (TPSA) is 25.2 Å². The van der Waals surface area contributed by atoms with Crippen LogP contribution in [0.4, 0.5) is 18.9 Å². The Balaban J connectivity index is 2.20. The molecule has 0 saturated heterocycles. The quantitative estimate of drug-likeness (QED) is 0.806. The summed E-state index contributed by atoms with van der Waals surface area (Å²) < 4.78 is 44.2. The number of benzene rings is 1. The molecule has 19 heavy (non-hydrogen) atoms. The number of nitrogens with one attached hydrogen (secondary N) is 1. The molecule has 0 amide bonds. The average molecular weight is 355 g/mol. The van der Waals surface area contributed by atoms with Gasteiger partial charge in [0.1, 0.15) is 5.76 Å². The maximum atomic E-state index is 12.8. The summed E-state index contributed by atoms with van der Waals surface area (Å²) in [6.45, 7) is 0.149. The highest BCUT2D eigenvalue weighted by Crippen LogP contribution is 2.36. The minimum absolute atomic E-state index is 0.0376. The standard InChI is InChI=1S/C12H8BrClF3NO/c13-11-4-2-8(19-11)6-18-10-3-1-7(14)5-9(10)12(15,16)17/h1-5,18H,6H2. The van der Waals surface area contributed by atoms with Crippen LogP contribution in [0.3, 0.4) is 0 Å². The third-order valence-corrected chi connectivity index (χ3v) is 3.03. The summed E-state index contributed by atoms with van der Waals surface area (Å²) in [5, 5.41) is 2.72. The lowest BCUT2D eigenvalue weighted by molar-refractivity contribution is -0.136. The molecule has 0 spiro atoms. The average Bonchev–Trinajstić information content (AvgIpc) is 2.72. The van der Waals surface area contributed by atoms with E-state index in [-0.39, 0.29) is 17.3 Å². The minimum Gasteiger partial charge on any atom is -0.452 e. The van der Waals surface area contributed by atoms with Gasteiger partial charge in [-0.3, -0.25) is 0 Å². The van der Waals surface area contributed by atoms with Crippen LogP contribution in [0.5, 0.6) is 0 Å². The molecule has 1 heterocycles. The molecule has 2 rings (SSSR count). The van der Waals surface area contributed by atoms with Gasteiger partial charge in [0.15, 0.2) is 4.67 Å². The van der Waals surface area contributed by atoms with Crippen LogP contribution in [-0.2, 0) is 12.7 Å². The van der Waals surface area contributed by atoms with Crippen molar-refractivity contribution in [2.24, 2.45) is 0 Å². The Kier molecular flexibility index (Phi) is 4.10. The van der Waals surface area contributed by atoms with Crippen molar-refractivity contribution >= 4 is 33.2 Å². The van der Waals surface area contributed by atoms with E-state index in [1.54, 1.807) is 12.1 Å². The SMILES string of the molecule is FC(F)(F)c1cc(Cl)ccc1NCc1ccc(Br)o1. The molecule has 0 bridgehead atoms. The normalized spacial score (nSPS) is 11.6. The predicted molar refractivity (Wildman–Crippen MR) is 70.2 cm³/mol. The van der Waals surface area contributed by atoms with Gasteiger partial charge in [-0.25, -0.2) is 0 Å². The van der Waals surface area contributed by atoms with E-state index in [9.17, 15) is 13.2 Å². The molecule has 0 radical (unpaired) electrons. The number of furan rings is 1. The van der Waals surface area contributed by atoms with Gasteiger partial charge in [-0.2, -0.15) is 13.2 Å². The van der Waals surface area contributed by atoms with Gasteiger partial charge in [-0.15, -0.1) is 0 Å². The minimum atomic E-state index is -4.46. The van der Waals surface area contributed by atoms with Gasteiger partial charge in [-0.1, -0.05) is 11.6 Å². The number of halogens is 5. The molecule has 2 aromatic rings. The zero-order valence-corrected chi connectivity index (χ0v) is 11.7. The first-order valence-electron chi connectivity index (χ1n) is 5.21. The monoisotopic (exact) mass is 353 g/mol. The van der Waals surface area contributed by atoms with Crippen LogP contribution >= 0.6 is 27.5 Å². The summed E-state index contributed by atoms with van der Waals surface area (Å²) in [5.41, 5.74) is -0.838. The Morgan fingerprint density at radius 3 is 2.53 bits per heavy atom. The van der Waals surface area contributed by atoms with Gasteiger partial charge >= 0.3 is 6.18 Å². The summed E-state index contributed by atoms with van der Waals surface area (Å²) in [5.74, 6) is 0.523. The fourth-order valence-electron chi connectivity index (χ4n) is 1.53. The van der Waals surface area contributed by atoms with Gasteiger partial charge in [-0.05, 0) is 46.3 Å². The molecule has 0 aliphatic carbocycles. The molecule has 0 atom stereocenters. The third kappa shape index (κ3) is 3.67. The summed E-state index contributed by atoms with van der Waals surface area (Å²) in [6, 6.07) is 6.92. The summed E-state index contributed by atoms with van der Waals surface area (Å²) in [7, 11) is 0. The summed E-state index contributed by atoms with van der Waals surface area (Å²) >= 11 is 8.71. The van der Waals surface area contributed by atoms with Crippen molar-refractivity contribution in [3.05, 3.63) is 51.3 Å². The second kappa shape index (κ2) is 5.46. The Hall–Kier alpha value is -1.14. The smallest absolute Gasteiger partial charge is 0.418 e. The fourth-order valence-corrected chi connectivity index (χ4v) is 2.05. The highest BCUT2D eigenvalue weighted by molar-refractivity contribution is 9.10. The molecule has 0 aliphatic rings. The number of hydrogen-bond donors (Lipinski definition) is 1. The summed E-state index contributed by atoms with van der Waals surface area (Å²) in [4.78, 5) is 0. The second-order valence-corrected chi connectivity index (χ2v) is 4.97. The molecule has 0 aliphatic heterocycles. The largest absolute Gasteiger partial charge is 0.452 e. The van der Waals surface area contributed by atoms with E-state index in [1.807, 2.05) is 0 Å². The van der Waals surface area contributed by atoms with E-state index < -0.39 is 11.7 Å². The zero-order valence-electron chi connectivity index (χ0n) is 9.39. The zero-order chi connectivity index (χ0) is 14.0. The molecule has 0 fully saturated rings. The second-order valence-electron chi connectivity index (χ2n) is 3.75. The molecular weight excluding hydrogens is 346 g/mol. The van der Waals surface area contributed by atoms with Crippen LogP contribution in [0, 0.1) is 0 Å². The van der Waals surface area contributed by atoms with Crippen LogP contribution < -0.4 is 5.32 Å². The number of rotatable bonds is 3. The van der Waals surface area contributed by atoms with E-state index in [1.165, 1.54) is 12.1 Å². The van der Waals surface area contributed by atoms with Crippen LogP contribution in [0.25, 0.3) is 0 Å². The Morgan fingerprint density at radius 1 is 1.21 bits per heavy atom. The first-order valence-corrected chi connectivity index (χ1v) is 6.38. The first-order chi connectivity index (χ1) is 8.86. The Bertz CT molecular complexity index is 583. The maximum absolute atomic E-state index is 12.8. The van der Waals surface area contributed by atoms with Crippen molar-refractivity contribution < 1.29 is 17.6 Å². The van der Waals surface area contributed by atoms with Crippen LogP contribution in [-0.4, -0.2) is 0 Å². The Morgan fingerprint density at radius 2 is 1.95 bits per heavy atom. The molecule has 0 saturated carbocycles. The molecule has 102 valence electrons. The summed E-state index contributed by atoms with van der Waals surface area (Å²) in [6.07, 6.45) is -4.46.